The molecule has 30 heavy (non-hydrogen) atoms. The first-order valence-corrected chi connectivity index (χ1v) is 10.5. The number of hydrogen-bond acceptors (Lipinski definition) is 4. The van der Waals surface area contributed by atoms with Gasteiger partial charge in [0.2, 0.25) is 0 Å². The van der Waals surface area contributed by atoms with Crippen molar-refractivity contribution in [2.24, 2.45) is 0 Å². The summed E-state index contributed by atoms with van der Waals surface area (Å²) in [7, 11) is -3.45. The average molecular weight is 435 g/mol. The number of nitrogens with zero attached hydrogens (tertiary/aromatic N) is 3. The fraction of sp³-hybridized carbons (Fsp3) is 0.100. The minimum atomic E-state index is -4.68. The van der Waals surface area contributed by atoms with E-state index in [0.29, 0.717) is 15.6 Å². The van der Waals surface area contributed by atoms with Crippen molar-refractivity contribution in [2.45, 2.75) is 11.1 Å². The van der Waals surface area contributed by atoms with E-state index in [0.717, 1.165) is 18.5 Å². The van der Waals surface area contributed by atoms with Gasteiger partial charge in [-0.2, -0.15) is 18.3 Å². The van der Waals surface area contributed by atoms with E-state index in [2.05, 4.69) is 10.1 Å². The van der Waals surface area contributed by atoms with Crippen LogP contribution in [0.1, 0.15) is 5.69 Å². The summed E-state index contributed by atoms with van der Waals surface area (Å²) in [5.41, 5.74) is 0.160. The molecular weight excluding hydrogens is 422 g/mol. The van der Waals surface area contributed by atoms with Crippen LogP contribution in [0, 0.1) is 5.82 Å². The maximum Gasteiger partial charge on any atom is 0.433 e. The minimum Gasteiger partial charge on any atom is -0.236 e. The first-order valence-electron chi connectivity index (χ1n) is 8.57. The van der Waals surface area contributed by atoms with E-state index in [4.69, 9.17) is 0 Å². The standard InChI is InChI=1S/C20H13F4N3O2S/c1-30(28,29)15-8-4-13(5-9-15)18-17(12-2-6-14(21)7-3-12)19-25-11-10-16(20(22,23)24)27(19)26-18/h2-11H,1H3. The number of aromatic nitrogens is 3. The lowest BCUT2D eigenvalue weighted by molar-refractivity contribution is -0.142. The number of halogens is 4. The van der Waals surface area contributed by atoms with Crippen LogP contribution in [-0.2, 0) is 16.0 Å². The van der Waals surface area contributed by atoms with Crippen molar-refractivity contribution in [3.8, 4) is 22.4 Å². The van der Waals surface area contributed by atoms with Crippen molar-refractivity contribution in [3.05, 3.63) is 72.3 Å². The van der Waals surface area contributed by atoms with Crippen LogP contribution < -0.4 is 0 Å². The Labute approximate surface area is 168 Å². The van der Waals surface area contributed by atoms with Gasteiger partial charge in [0.25, 0.3) is 0 Å². The second-order valence-electron chi connectivity index (χ2n) is 6.59. The van der Waals surface area contributed by atoms with Gasteiger partial charge in [-0.1, -0.05) is 24.3 Å². The maximum atomic E-state index is 13.5. The van der Waals surface area contributed by atoms with E-state index in [1.165, 1.54) is 48.5 Å². The molecular formula is C20H13F4N3O2S. The second kappa shape index (κ2) is 6.91. The van der Waals surface area contributed by atoms with Crippen LogP contribution in [0.25, 0.3) is 28.0 Å². The topological polar surface area (TPSA) is 64.3 Å². The molecule has 0 aliphatic heterocycles. The van der Waals surface area contributed by atoms with Crippen LogP contribution in [0.4, 0.5) is 17.6 Å². The normalized spacial score (nSPS) is 12.4. The lowest BCUT2D eigenvalue weighted by Gasteiger charge is -2.08. The molecule has 154 valence electrons. The molecule has 0 fully saturated rings. The van der Waals surface area contributed by atoms with Crippen molar-refractivity contribution >= 4 is 15.5 Å². The highest BCUT2D eigenvalue weighted by Gasteiger charge is 2.35. The third-order valence-electron chi connectivity index (χ3n) is 4.50. The Morgan fingerprint density at radius 2 is 1.50 bits per heavy atom. The molecule has 0 saturated carbocycles. The summed E-state index contributed by atoms with van der Waals surface area (Å²) in [6.45, 7) is 0. The zero-order chi connectivity index (χ0) is 21.7. The van der Waals surface area contributed by atoms with E-state index < -0.39 is 27.5 Å². The van der Waals surface area contributed by atoms with Crippen LogP contribution in [0.3, 0.4) is 0 Å². The maximum absolute atomic E-state index is 13.5. The smallest absolute Gasteiger partial charge is 0.236 e. The van der Waals surface area contributed by atoms with Crippen molar-refractivity contribution in [1.29, 1.82) is 0 Å². The van der Waals surface area contributed by atoms with Gasteiger partial charge in [-0.15, -0.1) is 0 Å². The van der Waals surface area contributed by atoms with Gasteiger partial charge in [-0.25, -0.2) is 22.3 Å². The summed E-state index contributed by atoms with van der Waals surface area (Å²) in [5.74, 6) is -0.502. The van der Waals surface area contributed by atoms with Crippen molar-refractivity contribution in [2.75, 3.05) is 6.26 Å². The number of alkyl halides is 3. The number of fused-ring (bicyclic) bond motifs is 1. The van der Waals surface area contributed by atoms with Gasteiger partial charge in [0.15, 0.2) is 15.5 Å². The summed E-state index contributed by atoms with van der Waals surface area (Å²) in [6, 6.07) is 11.6. The van der Waals surface area contributed by atoms with Gasteiger partial charge in [0.1, 0.15) is 17.2 Å². The summed E-state index contributed by atoms with van der Waals surface area (Å²) in [6.07, 6.45) is -2.59. The van der Waals surface area contributed by atoms with E-state index in [1.807, 2.05) is 0 Å². The fourth-order valence-corrected chi connectivity index (χ4v) is 3.73. The monoisotopic (exact) mass is 435 g/mol. The Morgan fingerprint density at radius 1 is 0.900 bits per heavy atom. The molecule has 2 aromatic heterocycles. The molecule has 0 aliphatic carbocycles. The third kappa shape index (κ3) is 3.54. The molecule has 0 unspecified atom stereocenters. The lowest BCUT2D eigenvalue weighted by Crippen LogP contribution is -2.12. The third-order valence-corrected chi connectivity index (χ3v) is 5.63. The van der Waals surface area contributed by atoms with Crippen molar-refractivity contribution in [3.63, 3.8) is 0 Å². The Kier molecular flexibility index (Phi) is 4.61. The molecule has 4 aromatic rings. The summed E-state index contributed by atoms with van der Waals surface area (Å²) >= 11 is 0. The zero-order valence-corrected chi connectivity index (χ0v) is 16.2. The van der Waals surface area contributed by atoms with Crippen LogP contribution in [0.2, 0.25) is 0 Å². The first kappa shape index (κ1) is 20.0. The van der Waals surface area contributed by atoms with Gasteiger partial charge >= 0.3 is 6.18 Å². The number of rotatable bonds is 3. The molecule has 5 nitrogen and oxygen atoms in total. The summed E-state index contributed by atoms with van der Waals surface area (Å²) in [5, 5.41) is 4.13. The van der Waals surface area contributed by atoms with Gasteiger partial charge in [-0.05, 0) is 35.9 Å². The lowest BCUT2D eigenvalue weighted by atomic mass is 10.0. The molecule has 4 rings (SSSR count). The highest BCUT2D eigenvalue weighted by Crippen LogP contribution is 2.37. The highest BCUT2D eigenvalue weighted by molar-refractivity contribution is 7.90. The van der Waals surface area contributed by atoms with Crippen molar-refractivity contribution < 1.29 is 26.0 Å². The van der Waals surface area contributed by atoms with E-state index in [9.17, 15) is 26.0 Å². The average Bonchev–Trinajstić information content (AvgIpc) is 3.07. The van der Waals surface area contributed by atoms with E-state index in [1.54, 1.807) is 0 Å². The van der Waals surface area contributed by atoms with Gasteiger partial charge in [-0.3, -0.25) is 0 Å². The summed E-state index contributed by atoms with van der Waals surface area (Å²) in [4.78, 5) is 4.13. The Morgan fingerprint density at radius 3 is 2.07 bits per heavy atom. The molecule has 0 saturated heterocycles. The zero-order valence-electron chi connectivity index (χ0n) is 15.4. The van der Waals surface area contributed by atoms with E-state index in [-0.39, 0.29) is 21.8 Å². The Balaban J connectivity index is 2.03. The van der Waals surface area contributed by atoms with Gasteiger partial charge < -0.3 is 0 Å². The molecule has 2 aromatic carbocycles. The van der Waals surface area contributed by atoms with Crippen LogP contribution >= 0.6 is 0 Å². The number of hydrogen-bond donors (Lipinski definition) is 0. The van der Waals surface area contributed by atoms with E-state index >= 15 is 0 Å². The molecule has 0 aliphatic rings. The highest BCUT2D eigenvalue weighted by atomic mass is 32.2. The molecule has 0 amide bonds. The SMILES string of the molecule is CS(=O)(=O)c1ccc(-c2nn3c(C(F)(F)F)ccnc3c2-c2ccc(F)cc2)cc1. The minimum absolute atomic E-state index is 0.0568. The Hall–Kier alpha value is -3.27. The molecule has 10 heteroatoms. The number of benzene rings is 2. The predicted molar refractivity (Wildman–Crippen MR) is 102 cm³/mol. The molecule has 2 heterocycles. The van der Waals surface area contributed by atoms with Crippen molar-refractivity contribution in [1.82, 2.24) is 14.6 Å². The van der Waals surface area contributed by atoms with Crippen LogP contribution in [-0.4, -0.2) is 29.3 Å². The molecule has 0 radical (unpaired) electrons. The van der Waals surface area contributed by atoms with Crippen LogP contribution in [0.15, 0.2) is 65.7 Å². The summed E-state index contributed by atoms with van der Waals surface area (Å²) < 4.78 is 78.0. The predicted octanol–water partition coefficient (Wildman–Crippen LogP) is 4.62. The second-order valence-corrected chi connectivity index (χ2v) is 8.61. The van der Waals surface area contributed by atoms with Crippen LogP contribution in [0.5, 0.6) is 0 Å². The molecule has 0 N–H and O–H groups in total. The molecule has 0 spiro atoms. The number of sulfone groups is 1. The quantitative estimate of drug-likeness (QED) is 0.441. The Bertz CT molecular complexity index is 1340. The molecule has 0 bridgehead atoms. The fourth-order valence-electron chi connectivity index (χ4n) is 3.10. The molecule has 0 atom stereocenters. The largest absolute Gasteiger partial charge is 0.433 e. The first-order chi connectivity index (χ1) is 14.1. The van der Waals surface area contributed by atoms with Gasteiger partial charge in [0.05, 0.1) is 10.5 Å². The van der Waals surface area contributed by atoms with Gasteiger partial charge in [0, 0.05) is 18.0 Å².